The van der Waals surface area contributed by atoms with Gasteiger partial charge in [0.05, 0.1) is 30.2 Å². The van der Waals surface area contributed by atoms with Gasteiger partial charge in [0.2, 0.25) is 11.8 Å². The SMILES string of the molecule is O=C([O-])[C@H](Cc1cnc[nH]1)N1C(=O)[C@@H]2C3c4ccccc4C(c4ccccc43)[C@H]2C1=O. The summed E-state index contributed by atoms with van der Waals surface area (Å²) in [5, 5.41) is 12.0. The van der Waals surface area contributed by atoms with Crippen LogP contribution in [-0.4, -0.2) is 38.7 Å². The minimum Gasteiger partial charge on any atom is -0.548 e. The summed E-state index contributed by atoms with van der Waals surface area (Å²) in [5.74, 6) is -4.04. The van der Waals surface area contributed by atoms with Crippen molar-refractivity contribution in [2.75, 3.05) is 0 Å². The number of imidazole rings is 1. The van der Waals surface area contributed by atoms with E-state index in [0.717, 1.165) is 27.2 Å². The maximum absolute atomic E-state index is 13.6. The van der Waals surface area contributed by atoms with Crippen molar-refractivity contribution in [3.05, 3.63) is 89.0 Å². The summed E-state index contributed by atoms with van der Waals surface area (Å²) in [4.78, 5) is 47.0. The largest absolute Gasteiger partial charge is 0.548 e. The molecule has 2 amide bonds. The van der Waals surface area contributed by atoms with Crippen LogP contribution in [0.15, 0.2) is 61.1 Å². The minimum absolute atomic E-state index is 0.0610. The van der Waals surface area contributed by atoms with E-state index in [0.29, 0.717) is 5.69 Å². The molecule has 31 heavy (non-hydrogen) atoms. The van der Waals surface area contributed by atoms with Gasteiger partial charge in [-0.25, -0.2) is 4.98 Å². The molecule has 3 aromatic rings. The highest BCUT2D eigenvalue weighted by Gasteiger charge is 2.62. The summed E-state index contributed by atoms with van der Waals surface area (Å²) in [7, 11) is 0. The molecule has 4 aliphatic rings. The van der Waals surface area contributed by atoms with Crippen molar-refractivity contribution in [2.45, 2.75) is 24.3 Å². The first-order chi connectivity index (χ1) is 15.1. The number of rotatable bonds is 4. The number of aromatic nitrogens is 2. The average molecular weight is 412 g/mol. The Morgan fingerprint density at radius 1 is 0.935 bits per heavy atom. The standard InChI is InChI=1S/C24H19N3O4/c28-22-20-18-13-5-1-2-6-14(13)19(16-8-4-3-7-15(16)18)21(20)23(29)27(22)17(24(30)31)9-12-10-25-11-26-12/h1-8,10-11,17-21H,9H2,(H,25,26)(H,30,31)/p-1/t17-,18?,19?,20+,21+/m0/s1. The van der Waals surface area contributed by atoms with Crippen molar-refractivity contribution >= 4 is 17.8 Å². The molecule has 2 aromatic carbocycles. The van der Waals surface area contributed by atoms with Gasteiger partial charge >= 0.3 is 0 Å². The third-order valence-electron chi connectivity index (χ3n) is 7.03. The zero-order chi connectivity index (χ0) is 21.3. The lowest BCUT2D eigenvalue weighted by Crippen LogP contribution is -2.52. The zero-order valence-corrected chi connectivity index (χ0v) is 16.4. The maximum Gasteiger partial charge on any atom is 0.234 e. The summed E-state index contributed by atoms with van der Waals surface area (Å²) in [6.07, 6.45) is 2.86. The number of carboxylic acids is 1. The Morgan fingerprint density at radius 3 is 1.81 bits per heavy atom. The monoisotopic (exact) mass is 412 g/mol. The quantitative estimate of drug-likeness (QED) is 0.643. The Bertz CT molecular complexity index is 1120. The Labute approximate surface area is 177 Å². The average Bonchev–Trinajstić information content (AvgIpc) is 3.39. The molecule has 2 bridgehead atoms. The van der Waals surface area contributed by atoms with Crippen molar-refractivity contribution in [3.63, 3.8) is 0 Å². The number of H-pyrrole nitrogens is 1. The lowest BCUT2D eigenvalue weighted by atomic mass is 9.55. The van der Waals surface area contributed by atoms with Crippen LogP contribution in [0, 0.1) is 11.8 Å². The molecule has 1 aromatic heterocycles. The van der Waals surface area contributed by atoms with E-state index in [1.165, 1.54) is 12.5 Å². The van der Waals surface area contributed by atoms with Crippen LogP contribution in [0.3, 0.4) is 0 Å². The fourth-order valence-electron chi connectivity index (χ4n) is 5.89. The van der Waals surface area contributed by atoms with Gasteiger partial charge in [0.15, 0.2) is 0 Å². The first-order valence-electron chi connectivity index (χ1n) is 10.3. The van der Waals surface area contributed by atoms with Gasteiger partial charge in [0.1, 0.15) is 0 Å². The molecule has 1 fully saturated rings. The number of nitrogens with one attached hydrogen (secondary N) is 1. The second-order valence-electron chi connectivity index (χ2n) is 8.43. The summed E-state index contributed by atoms with van der Waals surface area (Å²) in [6.45, 7) is 0. The summed E-state index contributed by atoms with van der Waals surface area (Å²) in [5.41, 5.74) is 4.73. The molecule has 1 N–H and O–H groups in total. The van der Waals surface area contributed by atoms with E-state index in [1.807, 2.05) is 48.5 Å². The number of hydrogen-bond acceptors (Lipinski definition) is 5. The number of aliphatic carboxylic acids is 1. The molecule has 0 spiro atoms. The fourth-order valence-corrected chi connectivity index (χ4v) is 5.89. The molecule has 7 nitrogen and oxygen atoms in total. The normalized spacial score (nSPS) is 26.4. The Kier molecular flexibility index (Phi) is 3.72. The number of benzene rings is 2. The Hall–Kier alpha value is -3.74. The van der Waals surface area contributed by atoms with Gasteiger partial charge in [0.25, 0.3) is 0 Å². The second kappa shape index (κ2) is 6.38. The van der Waals surface area contributed by atoms with Gasteiger partial charge in [-0.3, -0.25) is 14.5 Å². The van der Waals surface area contributed by atoms with Crippen molar-refractivity contribution < 1.29 is 19.5 Å². The molecular weight excluding hydrogens is 394 g/mol. The summed E-state index contributed by atoms with van der Waals surface area (Å²) >= 11 is 0. The summed E-state index contributed by atoms with van der Waals surface area (Å²) in [6, 6.07) is 14.5. The van der Waals surface area contributed by atoms with Crippen LogP contribution in [0.25, 0.3) is 0 Å². The van der Waals surface area contributed by atoms with Crippen LogP contribution >= 0.6 is 0 Å². The summed E-state index contributed by atoms with van der Waals surface area (Å²) < 4.78 is 0. The molecule has 2 heterocycles. The van der Waals surface area contributed by atoms with Crippen LogP contribution in [0.4, 0.5) is 0 Å². The molecule has 7 heteroatoms. The highest BCUT2D eigenvalue weighted by molar-refractivity contribution is 6.09. The number of carboxylic acid groups (broad SMARTS) is 1. The van der Waals surface area contributed by atoms with E-state index in [1.54, 1.807) is 0 Å². The lowest BCUT2D eigenvalue weighted by Gasteiger charge is -2.45. The zero-order valence-electron chi connectivity index (χ0n) is 16.4. The number of aromatic amines is 1. The smallest absolute Gasteiger partial charge is 0.234 e. The maximum atomic E-state index is 13.6. The molecule has 3 atom stereocenters. The number of carbonyl (C=O) groups excluding carboxylic acids is 3. The van der Waals surface area contributed by atoms with Crippen LogP contribution in [-0.2, 0) is 20.8 Å². The highest BCUT2D eigenvalue weighted by Crippen LogP contribution is 2.61. The topological polar surface area (TPSA) is 106 Å². The number of amides is 2. The first-order valence-corrected chi connectivity index (χ1v) is 10.3. The molecule has 7 rings (SSSR count). The van der Waals surface area contributed by atoms with Gasteiger partial charge in [0, 0.05) is 30.1 Å². The van der Waals surface area contributed by atoms with E-state index in [9.17, 15) is 19.5 Å². The molecule has 0 saturated carbocycles. The predicted molar refractivity (Wildman–Crippen MR) is 106 cm³/mol. The van der Waals surface area contributed by atoms with Crippen LogP contribution in [0.2, 0.25) is 0 Å². The van der Waals surface area contributed by atoms with E-state index in [2.05, 4.69) is 9.97 Å². The van der Waals surface area contributed by atoms with Crippen LogP contribution in [0.1, 0.15) is 39.8 Å². The molecular formula is C24H18N3O4-. The molecule has 0 radical (unpaired) electrons. The fraction of sp³-hybridized carbons (Fsp3) is 0.250. The van der Waals surface area contributed by atoms with Crippen LogP contribution in [0.5, 0.6) is 0 Å². The number of carbonyl (C=O) groups is 3. The van der Waals surface area contributed by atoms with Gasteiger partial charge in [-0.2, -0.15) is 0 Å². The number of hydrogen-bond donors (Lipinski definition) is 1. The number of nitrogens with zero attached hydrogens (tertiary/aromatic N) is 2. The van der Waals surface area contributed by atoms with E-state index >= 15 is 0 Å². The van der Waals surface area contributed by atoms with E-state index in [4.69, 9.17) is 0 Å². The van der Waals surface area contributed by atoms with Crippen LogP contribution < -0.4 is 5.11 Å². The molecule has 0 unspecified atom stereocenters. The van der Waals surface area contributed by atoms with Gasteiger partial charge in [-0.1, -0.05) is 48.5 Å². The third kappa shape index (κ3) is 2.34. The van der Waals surface area contributed by atoms with Gasteiger partial charge in [-0.05, 0) is 22.3 Å². The highest BCUT2D eigenvalue weighted by atomic mass is 16.4. The lowest BCUT2D eigenvalue weighted by molar-refractivity contribution is -0.310. The number of imide groups is 1. The molecule has 1 aliphatic heterocycles. The van der Waals surface area contributed by atoms with Crippen molar-refractivity contribution in [1.82, 2.24) is 14.9 Å². The first kappa shape index (κ1) is 18.1. The Morgan fingerprint density at radius 2 is 1.42 bits per heavy atom. The molecule has 3 aliphatic carbocycles. The molecule has 1 saturated heterocycles. The van der Waals surface area contributed by atoms with Crippen molar-refractivity contribution in [1.29, 1.82) is 0 Å². The van der Waals surface area contributed by atoms with E-state index in [-0.39, 0.29) is 18.3 Å². The van der Waals surface area contributed by atoms with Gasteiger partial charge in [-0.15, -0.1) is 0 Å². The predicted octanol–water partition coefficient (Wildman–Crippen LogP) is 0.963. The van der Waals surface area contributed by atoms with Crippen molar-refractivity contribution in [3.8, 4) is 0 Å². The number of likely N-dealkylation sites (tertiary alicyclic amines) is 1. The third-order valence-corrected chi connectivity index (χ3v) is 7.03. The molecule has 154 valence electrons. The van der Waals surface area contributed by atoms with Crippen molar-refractivity contribution in [2.24, 2.45) is 11.8 Å². The van der Waals surface area contributed by atoms with Gasteiger partial charge < -0.3 is 14.9 Å². The van der Waals surface area contributed by atoms with E-state index < -0.39 is 35.7 Å². The Balaban J connectivity index is 1.49. The minimum atomic E-state index is -1.45. The second-order valence-corrected chi connectivity index (χ2v) is 8.43.